The summed E-state index contributed by atoms with van der Waals surface area (Å²) in [7, 11) is 1.81. The number of benzene rings is 1. The molecule has 2 aliphatic heterocycles. The third-order valence-corrected chi connectivity index (χ3v) is 6.85. The van der Waals surface area contributed by atoms with Gasteiger partial charge in [0.25, 0.3) is 0 Å². The van der Waals surface area contributed by atoms with Crippen LogP contribution in [0.1, 0.15) is 31.2 Å². The largest absolute Gasteiger partial charge is 0.363 e. The molecule has 31 heavy (non-hydrogen) atoms. The normalized spacial score (nSPS) is 16.6. The number of fused-ring (bicyclic) bond motifs is 1. The van der Waals surface area contributed by atoms with Gasteiger partial charge in [-0.3, -0.25) is 9.79 Å². The number of guanidine groups is 1. The second-order valence-corrected chi connectivity index (χ2v) is 8.81. The zero-order valence-corrected chi connectivity index (χ0v) is 21.2. The minimum atomic E-state index is 0. The number of nitrogens with zero attached hydrogens (tertiary/aromatic N) is 3. The first kappa shape index (κ1) is 23.8. The fraction of sp³-hybridized carbons (Fsp3) is 0.478. The number of amides is 1. The van der Waals surface area contributed by atoms with Gasteiger partial charge in [-0.1, -0.05) is 18.2 Å². The second kappa shape index (κ2) is 11.7. The van der Waals surface area contributed by atoms with Crippen LogP contribution < -0.4 is 20.4 Å². The molecule has 0 radical (unpaired) electrons. The van der Waals surface area contributed by atoms with Crippen molar-refractivity contribution in [3.8, 4) is 0 Å². The van der Waals surface area contributed by atoms with Gasteiger partial charge in [0.05, 0.1) is 5.00 Å². The molecule has 0 unspecified atom stereocenters. The van der Waals surface area contributed by atoms with Crippen molar-refractivity contribution in [3.05, 3.63) is 47.3 Å². The lowest BCUT2D eigenvalue weighted by Gasteiger charge is -2.33. The van der Waals surface area contributed by atoms with Crippen LogP contribution in [0.4, 0.5) is 10.7 Å². The van der Waals surface area contributed by atoms with Crippen molar-refractivity contribution in [1.82, 2.24) is 10.6 Å². The lowest BCUT2D eigenvalue weighted by molar-refractivity contribution is -0.118. The maximum atomic E-state index is 12.6. The summed E-state index contributed by atoms with van der Waals surface area (Å²) in [4.78, 5) is 21.4. The molecule has 8 heteroatoms. The van der Waals surface area contributed by atoms with E-state index in [9.17, 15) is 4.79 Å². The molecule has 2 aromatic rings. The summed E-state index contributed by atoms with van der Waals surface area (Å²) in [6.45, 7) is 3.69. The van der Waals surface area contributed by atoms with Gasteiger partial charge in [-0.05, 0) is 54.8 Å². The fourth-order valence-corrected chi connectivity index (χ4v) is 5.05. The van der Waals surface area contributed by atoms with E-state index in [2.05, 4.69) is 44.1 Å². The third kappa shape index (κ3) is 6.12. The van der Waals surface area contributed by atoms with Crippen LogP contribution in [0, 0.1) is 0 Å². The number of thiophene rings is 1. The monoisotopic (exact) mass is 553 g/mol. The number of halogens is 1. The Morgan fingerprint density at radius 1 is 1.16 bits per heavy atom. The van der Waals surface area contributed by atoms with Gasteiger partial charge in [0.15, 0.2) is 5.96 Å². The summed E-state index contributed by atoms with van der Waals surface area (Å²) in [6.07, 6.45) is 4.52. The van der Waals surface area contributed by atoms with Crippen LogP contribution in [0.5, 0.6) is 0 Å². The highest BCUT2D eigenvalue weighted by Gasteiger charge is 2.24. The SMILES string of the molecule is CN=C(NCCCC(=O)N1CCc2ccccc21)NC1CCN(c2cccs2)CC1.I. The average Bonchev–Trinajstić information content (AvgIpc) is 3.46. The molecule has 0 atom stereocenters. The van der Waals surface area contributed by atoms with Crippen LogP contribution >= 0.6 is 35.3 Å². The molecular formula is C23H32IN5OS. The number of hydrogen-bond donors (Lipinski definition) is 2. The van der Waals surface area contributed by atoms with Crippen molar-refractivity contribution in [1.29, 1.82) is 0 Å². The first-order chi connectivity index (χ1) is 14.7. The number of hydrogen-bond acceptors (Lipinski definition) is 4. The average molecular weight is 554 g/mol. The lowest BCUT2D eigenvalue weighted by atomic mass is 10.1. The summed E-state index contributed by atoms with van der Waals surface area (Å²) in [6, 6.07) is 13.0. The van der Waals surface area contributed by atoms with Crippen molar-refractivity contribution in [3.63, 3.8) is 0 Å². The Bertz CT molecular complexity index is 865. The molecule has 3 heterocycles. The van der Waals surface area contributed by atoms with E-state index in [1.165, 1.54) is 10.6 Å². The van der Waals surface area contributed by atoms with Gasteiger partial charge in [-0.15, -0.1) is 35.3 Å². The number of rotatable bonds is 6. The smallest absolute Gasteiger partial charge is 0.227 e. The molecule has 1 aromatic carbocycles. The molecular weight excluding hydrogens is 521 g/mol. The maximum absolute atomic E-state index is 12.6. The highest BCUT2D eigenvalue weighted by Crippen LogP contribution is 2.28. The number of piperidine rings is 1. The van der Waals surface area contributed by atoms with Gasteiger partial charge in [-0.25, -0.2) is 0 Å². The Hall–Kier alpha value is -1.81. The molecule has 1 aromatic heterocycles. The van der Waals surface area contributed by atoms with E-state index >= 15 is 0 Å². The van der Waals surface area contributed by atoms with Gasteiger partial charge >= 0.3 is 0 Å². The van der Waals surface area contributed by atoms with E-state index in [-0.39, 0.29) is 29.9 Å². The van der Waals surface area contributed by atoms with Gasteiger partial charge in [0, 0.05) is 51.4 Å². The van der Waals surface area contributed by atoms with Gasteiger partial charge < -0.3 is 20.4 Å². The summed E-state index contributed by atoms with van der Waals surface area (Å²) < 4.78 is 0. The maximum Gasteiger partial charge on any atom is 0.227 e. The molecule has 0 bridgehead atoms. The molecule has 2 aliphatic rings. The van der Waals surface area contributed by atoms with Crippen LogP contribution in [0.2, 0.25) is 0 Å². The number of para-hydroxylation sites is 1. The first-order valence-corrected chi connectivity index (χ1v) is 11.8. The van der Waals surface area contributed by atoms with E-state index in [1.807, 2.05) is 41.5 Å². The van der Waals surface area contributed by atoms with Crippen molar-refractivity contribution in [2.24, 2.45) is 4.99 Å². The Kier molecular flexibility index (Phi) is 9.01. The number of aliphatic imine (C=N–C) groups is 1. The molecule has 0 saturated carbocycles. The van der Waals surface area contributed by atoms with Crippen molar-refractivity contribution < 1.29 is 4.79 Å². The molecule has 168 valence electrons. The molecule has 6 nitrogen and oxygen atoms in total. The number of nitrogens with one attached hydrogen (secondary N) is 2. The Labute approximate surface area is 206 Å². The summed E-state index contributed by atoms with van der Waals surface area (Å²) >= 11 is 1.81. The van der Waals surface area contributed by atoms with E-state index in [4.69, 9.17) is 0 Å². The summed E-state index contributed by atoms with van der Waals surface area (Å²) in [5, 5.41) is 10.4. The molecule has 1 amide bonds. The Morgan fingerprint density at radius 3 is 2.71 bits per heavy atom. The van der Waals surface area contributed by atoms with Crippen LogP contribution in [0.3, 0.4) is 0 Å². The zero-order chi connectivity index (χ0) is 20.8. The number of anilines is 2. The topological polar surface area (TPSA) is 60.0 Å². The van der Waals surface area contributed by atoms with Gasteiger partial charge in [0.2, 0.25) is 5.91 Å². The minimum absolute atomic E-state index is 0. The predicted octanol–water partition coefficient (Wildman–Crippen LogP) is 3.87. The standard InChI is InChI=1S/C23H31N5OS.HI/c1-24-23(26-19-11-14-27(15-12-19)22-9-5-17-30-22)25-13-4-8-21(29)28-16-10-18-6-2-3-7-20(18)28;/h2-3,5-7,9,17,19H,4,8,10-16H2,1H3,(H2,24,25,26);1H. The molecule has 2 N–H and O–H groups in total. The molecule has 0 aliphatic carbocycles. The predicted molar refractivity (Wildman–Crippen MR) is 141 cm³/mol. The number of carbonyl (C=O) groups is 1. The lowest BCUT2D eigenvalue weighted by Crippen LogP contribution is -2.48. The highest BCUT2D eigenvalue weighted by molar-refractivity contribution is 14.0. The van der Waals surface area contributed by atoms with Gasteiger partial charge in [-0.2, -0.15) is 0 Å². The zero-order valence-electron chi connectivity index (χ0n) is 18.0. The van der Waals surface area contributed by atoms with Crippen molar-refractivity contribution in [2.75, 3.05) is 43.0 Å². The Morgan fingerprint density at radius 2 is 1.97 bits per heavy atom. The quantitative estimate of drug-likeness (QED) is 0.247. The van der Waals surface area contributed by atoms with Gasteiger partial charge in [0.1, 0.15) is 0 Å². The van der Waals surface area contributed by atoms with E-state index < -0.39 is 0 Å². The number of carbonyl (C=O) groups excluding carboxylic acids is 1. The molecule has 1 fully saturated rings. The fourth-order valence-electron chi connectivity index (χ4n) is 4.26. The second-order valence-electron chi connectivity index (χ2n) is 7.88. The van der Waals surface area contributed by atoms with Crippen LogP contribution in [0.25, 0.3) is 0 Å². The van der Waals surface area contributed by atoms with E-state index in [1.54, 1.807) is 0 Å². The summed E-state index contributed by atoms with van der Waals surface area (Å²) in [5.74, 6) is 1.05. The van der Waals surface area contributed by atoms with Crippen LogP contribution in [-0.2, 0) is 11.2 Å². The molecule has 0 spiro atoms. The highest BCUT2D eigenvalue weighted by atomic mass is 127. The summed E-state index contributed by atoms with van der Waals surface area (Å²) in [5.41, 5.74) is 2.36. The third-order valence-electron chi connectivity index (χ3n) is 5.93. The van der Waals surface area contributed by atoms with Crippen molar-refractivity contribution in [2.45, 2.75) is 38.1 Å². The Balaban J connectivity index is 0.00000272. The van der Waals surface area contributed by atoms with E-state index in [0.717, 1.165) is 63.5 Å². The van der Waals surface area contributed by atoms with Crippen molar-refractivity contribution >= 4 is 57.9 Å². The molecule has 1 saturated heterocycles. The van der Waals surface area contributed by atoms with Crippen LogP contribution in [-0.4, -0.2) is 51.1 Å². The minimum Gasteiger partial charge on any atom is -0.363 e. The van der Waals surface area contributed by atoms with Crippen LogP contribution in [0.15, 0.2) is 46.8 Å². The first-order valence-electron chi connectivity index (χ1n) is 10.9. The molecule has 4 rings (SSSR count). The van der Waals surface area contributed by atoms with E-state index in [0.29, 0.717) is 12.5 Å².